The molecule has 0 radical (unpaired) electrons. The number of nitrogens with zero attached hydrogens (tertiary/aromatic N) is 1. The van der Waals surface area contributed by atoms with E-state index in [1.165, 1.54) is 0 Å². The number of nitrogens with one attached hydrogen (secondary N) is 1. The highest BCUT2D eigenvalue weighted by atomic mass is 32.1. The number of hydrogen-bond donors (Lipinski definition) is 2. The summed E-state index contributed by atoms with van der Waals surface area (Å²) in [4.78, 5) is 4.68. The summed E-state index contributed by atoms with van der Waals surface area (Å²) in [5.41, 5.74) is 8.34. The summed E-state index contributed by atoms with van der Waals surface area (Å²) in [6, 6.07) is 11.4. The Kier molecular flexibility index (Phi) is 4.53. The molecule has 104 valence electrons. The fraction of sp³-hybridized carbons (Fsp3) is 0.200. The first kappa shape index (κ1) is 14.3. The fourth-order valence-electron chi connectivity index (χ4n) is 1.92. The highest BCUT2D eigenvalue weighted by Crippen LogP contribution is 2.26. The Bertz CT molecular complexity index is 601. The average molecular weight is 287 g/mol. The number of anilines is 1. The van der Waals surface area contributed by atoms with Gasteiger partial charge < -0.3 is 15.8 Å². The molecule has 1 aromatic carbocycles. The van der Waals surface area contributed by atoms with Crippen molar-refractivity contribution in [1.29, 1.82) is 0 Å². The minimum Gasteiger partial charge on any atom is -0.497 e. The molecule has 0 bridgehead atoms. The van der Waals surface area contributed by atoms with Crippen LogP contribution in [0.4, 0.5) is 5.69 Å². The number of aromatic nitrogens is 1. The molecule has 2 aromatic rings. The quantitative estimate of drug-likeness (QED) is 0.828. The van der Waals surface area contributed by atoms with E-state index in [1.807, 2.05) is 43.3 Å². The van der Waals surface area contributed by atoms with Gasteiger partial charge in [0.05, 0.1) is 18.8 Å². The van der Waals surface area contributed by atoms with E-state index >= 15 is 0 Å². The van der Waals surface area contributed by atoms with Crippen LogP contribution in [0.15, 0.2) is 42.6 Å². The van der Waals surface area contributed by atoms with Gasteiger partial charge in [0, 0.05) is 23.5 Å². The van der Waals surface area contributed by atoms with E-state index in [-0.39, 0.29) is 6.04 Å². The van der Waals surface area contributed by atoms with Crippen molar-refractivity contribution >= 4 is 22.9 Å². The molecule has 0 aliphatic carbocycles. The normalized spacial score (nSPS) is 11.7. The van der Waals surface area contributed by atoms with Gasteiger partial charge in [0.15, 0.2) is 0 Å². The number of benzene rings is 1. The smallest absolute Gasteiger partial charge is 0.120 e. The Morgan fingerprint density at radius 3 is 2.75 bits per heavy atom. The molecule has 0 aliphatic rings. The molecule has 0 fully saturated rings. The van der Waals surface area contributed by atoms with E-state index in [2.05, 4.69) is 10.3 Å². The number of rotatable bonds is 5. The number of thiocarbonyl (C=S) groups is 1. The minimum absolute atomic E-state index is 0.0383. The Morgan fingerprint density at radius 1 is 1.35 bits per heavy atom. The first-order valence-corrected chi connectivity index (χ1v) is 6.68. The molecule has 4 nitrogen and oxygen atoms in total. The lowest BCUT2D eigenvalue weighted by Gasteiger charge is -2.18. The monoisotopic (exact) mass is 287 g/mol. The SMILES string of the molecule is COc1ccc(C(N)=S)c(NC(C)c2ccccn2)c1. The first-order valence-electron chi connectivity index (χ1n) is 6.27. The van der Waals surface area contributed by atoms with Crippen molar-refractivity contribution in [2.45, 2.75) is 13.0 Å². The van der Waals surface area contributed by atoms with Gasteiger partial charge in [0.1, 0.15) is 10.7 Å². The van der Waals surface area contributed by atoms with E-state index < -0.39 is 0 Å². The topological polar surface area (TPSA) is 60.2 Å². The maximum Gasteiger partial charge on any atom is 0.120 e. The van der Waals surface area contributed by atoms with E-state index in [1.54, 1.807) is 13.3 Å². The maximum atomic E-state index is 5.76. The van der Waals surface area contributed by atoms with Crippen LogP contribution in [0.1, 0.15) is 24.2 Å². The van der Waals surface area contributed by atoms with Crippen molar-refractivity contribution in [2.75, 3.05) is 12.4 Å². The molecule has 1 atom stereocenters. The molecule has 1 unspecified atom stereocenters. The van der Waals surface area contributed by atoms with Crippen molar-refractivity contribution in [3.05, 3.63) is 53.9 Å². The summed E-state index contributed by atoms with van der Waals surface area (Å²) in [5.74, 6) is 0.751. The molecule has 0 aliphatic heterocycles. The van der Waals surface area contributed by atoms with Crippen molar-refractivity contribution in [2.24, 2.45) is 5.73 Å². The zero-order valence-corrected chi connectivity index (χ0v) is 12.3. The highest BCUT2D eigenvalue weighted by molar-refractivity contribution is 7.80. The summed E-state index contributed by atoms with van der Waals surface area (Å²) < 4.78 is 5.24. The Balaban J connectivity index is 2.29. The van der Waals surface area contributed by atoms with Crippen LogP contribution in [0.3, 0.4) is 0 Å². The third-order valence-corrected chi connectivity index (χ3v) is 3.22. The first-order chi connectivity index (χ1) is 9.61. The summed E-state index contributed by atoms with van der Waals surface area (Å²) in [7, 11) is 1.63. The van der Waals surface area contributed by atoms with Crippen LogP contribution in [0.5, 0.6) is 5.75 Å². The molecular weight excluding hydrogens is 270 g/mol. The molecule has 0 spiro atoms. The lowest BCUT2D eigenvalue weighted by atomic mass is 10.1. The van der Waals surface area contributed by atoms with Gasteiger partial charge in [-0.05, 0) is 31.2 Å². The van der Waals surface area contributed by atoms with Crippen LogP contribution >= 0.6 is 12.2 Å². The number of pyridine rings is 1. The maximum absolute atomic E-state index is 5.76. The van der Waals surface area contributed by atoms with Gasteiger partial charge in [-0.3, -0.25) is 4.98 Å². The summed E-state index contributed by atoms with van der Waals surface area (Å²) in [5, 5.41) is 3.37. The van der Waals surface area contributed by atoms with Crippen LogP contribution in [-0.4, -0.2) is 17.1 Å². The Hall–Kier alpha value is -2.14. The van der Waals surface area contributed by atoms with Crippen LogP contribution in [0.2, 0.25) is 0 Å². The molecule has 2 rings (SSSR count). The average Bonchev–Trinajstić information content (AvgIpc) is 2.47. The Labute approximate surface area is 124 Å². The van der Waals surface area contributed by atoms with Crippen molar-refractivity contribution < 1.29 is 4.74 Å². The molecule has 0 amide bonds. The zero-order valence-electron chi connectivity index (χ0n) is 11.5. The second-order valence-electron chi connectivity index (χ2n) is 4.40. The van der Waals surface area contributed by atoms with Gasteiger partial charge in [-0.25, -0.2) is 0 Å². The van der Waals surface area contributed by atoms with Gasteiger partial charge in [-0.15, -0.1) is 0 Å². The lowest BCUT2D eigenvalue weighted by Crippen LogP contribution is -2.15. The van der Waals surface area contributed by atoms with Crippen molar-refractivity contribution in [3.8, 4) is 5.75 Å². The van der Waals surface area contributed by atoms with Gasteiger partial charge in [-0.2, -0.15) is 0 Å². The fourth-order valence-corrected chi connectivity index (χ4v) is 2.10. The Morgan fingerprint density at radius 2 is 2.15 bits per heavy atom. The largest absolute Gasteiger partial charge is 0.497 e. The predicted octanol–water partition coefficient (Wildman–Crippen LogP) is 2.90. The van der Waals surface area contributed by atoms with Crippen LogP contribution in [0.25, 0.3) is 0 Å². The van der Waals surface area contributed by atoms with Crippen LogP contribution in [0, 0.1) is 0 Å². The van der Waals surface area contributed by atoms with Gasteiger partial charge in [-0.1, -0.05) is 18.3 Å². The number of hydrogen-bond acceptors (Lipinski definition) is 4. The summed E-state index contributed by atoms with van der Waals surface area (Å²) in [6.07, 6.45) is 1.77. The minimum atomic E-state index is 0.0383. The van der Waals surface area contributed by atoms with E-state index in [0.29, 0.717) is 4.99 Å². The summed E-state index contributed by atoms with van der Waals surface area (Å²) >= 11 is 5.08. The third-order valence-electron chi connectivity index (χ3n) is 3.00. The second kappa shape index (κ2) is 6.34. The number of ether oxygens (including phenoxy) is 1. The van der Waals surface area contributed by atoms with Crippen molar-refractivity contribution in [1.82, 2.24) is 4.98 Å². The standard InChI is InChI=1S/C15H17N3OS/c1-10(13-5-3-4-8-17-13)18-14-9-11(19-2)6-7-12(14)15(16)20/h3-10,18H,1-2H3,(H2,16,20). The van der Waals surface area contributed by atoms with Crippen LogP contribution in [-0.2, 0) is 0 Å². The van der Waals surface area contributed by atoms with E-state index in [0.717, 1.165) is 22.7 Å². The molecule has 1 aromatic heterocycles. The molecule has 0 saturated carbocycles. The van der Waals surface area contributed by atoms with E-state index in [4.69, 9.17) is 22.7 Å². The van der Waals surface area contributed by atoms with Gasteiger partial charge in [0.25, 0.3) is 0 Å². The number of nitrogens with two attached hydrogens (primary N) is 1. The number of methoxy groups -OCH3 is 1. The zero-order chi connectivity index (χ0) is 14.5. The third kappa shape index (κ3) is 3.24. The molecule has 20 heavy (non-hydrogen) atoms. The second-order valence-corrected chi connectivity index (χ2v) is 4.84. The predicted molar refractivity (Wildman–Crippen MR) is 85.2 cm³/mol. The van der Waals surface area contributed by atoms with Crippen LogP contribution < -0.4 is 15.8 Å². The summed E-state index contributed by atoms with van der Waals surface area (Å²) in [6.45, 7) is 2.03. The van der Waals surface area contributed by atoms with Gasteiger partial charge in [0.2, 0.25) is 0 Å². The van der Waals surface area contributed by atoms with E-state index in [9.17, 15) is 0 Å². The lowest BCUT2D eigenvalue weighted by molar-refractivity contribution is 0.415. The molecule has 5 heteroatoms. The molecular formula is C15H17N3OS. The molecule has 3 N–H and O–H groups in total. The highest BCUT2D eigenvalue weighted by Gasteiger charge is 2.11. The molecule has 1 heterocycles. The van der Waals surface area contributed by atoms with Gasteiger partial charge >= 0.3 is 0 Å². The van der Waals surface area contributed by atoms with Crippen molar-refractivity contribution in [3.63, 3.8) is 0 Å². The molecule has 0 saturated heterocycles.